The normalized spacial score (nSPS) is 14.4. The smallest absolute Gasteiger partial charge is 0.248 e. The molecule has 0 spiro atoms. The van der Waals surface area contributed by atoms with Crippen LogP contribution in [0, 0.1) is 11.8 Å². The number of rotatable bonds is 8. The van der Waals surface area contributed by atoms with Crippen molar-refractivity contribution in [2.45, 2.75) is 32.8 Å². The summed E-state index contributed by atoms with van der Waals surface area (Å²) in [4.78, 5) is 22.0. The van der Waals surface area contributed by atoms with Gasteiger partial charge in [-0.25, -0.2) is 0 Å². The summed E-state index contributed by atoms with van der Waals surface area (Å²) < 4.78 is 0. The molecule has 100 valence electrons. The highest BCUT2D eigenvalue weighted by Gasteiger charge is 2.16. The second kappa shape index (κ2) is 8.03. The predicted octanol–water partition coefficient (Wildman–Crippen LogP) is -1.04. The summed E-state index contributed by atoms with van der Waals surface area (Å²) in [5.74, 6) is -0.461. The Hall–Kier alpha value is -1.14. The maximum atomic E-state index is 11.5. The Balaban J connectivity index is 3.94. The second-order valence-electron chi connectivity index (χ2n) is 4.66. The number of amides is 2. The van der Waals surface area contributed by atoms with E-state index in [2.05, 4.69) is 19.2 Å². The summed E-state index contributed by atoms with van der Waals surface area (Å²) >= 11 is 0. The van der Waals surface area contributed by atoms with Crippen LogP contribution < -0.4 is 16.8 Å². The van der Waals surface area contributed by atoms with Crippen LogP contribution in [0.1, 0.15) is 26.7 Å². The van der Waals surface area contributed by atoms with Gasteiger partial charge in [0.1, 0.15) is 6.10 Å². The number of hydrogen-bond acceptors (Lipinski definition) is 4. The lowest BCUT2D eigenvalue weighted by atomic mass is 9.94. The van der Waals surface area contributed by atoms with Gasteiger partial charge in [0.15, 0.2) is 0 Å². The molecule has 0 heterocycles. The Morgan fingerprint density at radius 2 is 1.94 bits per heavy atom. The van der Waals surface area contributed by atoms with Gasteiger partial charge in [-0.3, -0.25) is 9.59 Å². The van der Waals surface area contributed by atoms with Gasteiger partial charge in [0.25, 0.3) is 0 Å². The van der Waals surface area contributed by atoms with E-state index < -0.39 is 12.0 Å². The molecule has 0 aromatic heterocycles. The fourth-order valence-electron chi connectivity index (χ4n) is 1.58. The SMILES string of the molecule is CC(C)CC(CN)CC(=O)NCC(O)C(N)=O. The minimum absolute atomic E-state index is 0.126. The third-order valence-electron chi connectivity index (χ3n) is 2.43. The molecule has 0 aromatic carbocycles. The fourth-order valence-corrected chi connectivity index (χ4v) is 1.58. The predicted molar refractivity (Wildman–Crippen MR) is 64.8 cm³/mol. The van der Waals surface area contributed by atoms with E-state index in [1.165, 1.54) is 0 Å². The molecular formula is C11H23N3O3. The molecule has 0 aromatic rings. The summed E-state index contributed by atoms with van der Waals surface area (Å²) in [6.45, 7) is 4.44. The highest BCUT2D eigenvalue weighted by molar-refractivity contribution is 5.81. The molecule has 0 aliphatic carbocycles. The third kappa shape index (κ3) is 7.70. The Kier molecular flexibility index (Phi) is 7.49. The quantitative estimate of drug-likeness (QED) is 0.436. The van der Waals surface area contributed by atoms with E-state index in [-0.39, 0.29) is 18.4 Å². The van der Waals surface area contributed by atoms with Gasteiger partial charge >= 0.3 is 0 Å². The van der Waals surface area contributed by atoms with Crippen molar-refractivity contribution >= 4 is 11.8 Å². The topological polar surface area (TPSA) is 118 Å². The number of carbonyl (C=O) groups is 2. The van der Waals surface area contributed by atoms with Crippen LogP contribution in [0.25, 0.3) is 0 Å². The highest BCUT2D eigenvalue weighted by atomic mass is 16.3. The van der Waals surface area contributed by atoms with E-state index in [9.17, 15) is 9.59 Å². The number of aliphatic hydroxyl groups is 1. The lowest BCUT2D eigenvalue weighted by Gasteiger charge is -2.17. The number of hydrogen-bond donors (Lipinski definition) is 4. The van der Waals surface area contributed by atoms with Crippen molar-refractivity contribution in [3.63, 3.8) is 0 Å². The van der Waals surface area contributed by atoms with Crippen molar-refractivity contribution in [1.29, 1.82) is 0 Å². The van der Waals surface area contributed by atoms with Gasteiger partial charge in [-0.15, -0.1) is 0 Å². The maximum absolute atomic E-state index is 11.5. The first kappa shape index (κ1) is 15.9. The summed E-state index contributed by atoms with van der Waals surface area (Å²) in [5.41, 5.74) is 10.4. The Labute approximate surface area is 102 Å². The summed E-state index contributed by atoms with van der Waals surface area (Å²) in [7, 11) is 0. The molecular weight excluding hydrogens is 222 g/mol. The van der Waals surface area contributed by atoms with Crippen molar-refractivity contribution in [2.75, 3.05) is 13.1 Å². The number of primary amides is 1. The zero-order chi connectivity index (χ0) is 13.4. The van der Waals surface area contributed by atoms with E-state index in [0.717, 1.165) is 6.42 Å². The maximum Gasteiger partial charge on any atom is 0.248 e. The molecule has 2 amide bonds. The first-order chi connectivity index (χ1) is 7.86. The largest absolute Gasteiger partial charge is 0.381 e. The average molecular weight is 245 g/mol. The van der Waals surface area contributed by atoms with Crippen molar-refractivity contribution in [2.24, 2.45) is 23.3 Å². The van der Waals surface area contributed by atoms with Gasteiger partial charge in [0.2, 0.25) is 11.8 Å². The van der Waals surface area contributed by atoms with Gasteiger partial charge in [-0.1, -0.05) is 13.8 Å². The molecule has 0 aliphatic rings. The van der Waals surface area contributed by atoms with Crippen LogP contribution >= 0.6 is 0 Å². The molecule has 6 N–H and O–H groups in total. The summed E-state index contributed by atoms with van der Waals surface area (Å²) in [6.07, 6.45) is -0.150. The third-order valence-corrected chi connectivity index (χ3v) is 2.43. The number of nitrogens with one attached hydrogen (secondary N) is 1. The van der Waals surface area contributed by atoms with E-state index in [4.69, 9.17) is 16.6 Å². The molecule has 0 bridgehead atoms. The van der Waals surface area contributed by atoms with E-state index in [0.29, 0.717) is 18.9 Å². The molecule has 6 heteroatoms. The van der Waals surface area contributed by atoms with Crippen LogP contribution in [-0.4, -0.2) is 36.1 Å². The number of nitrogens with two attached hydrogens (primary N) is 2. The molecule has 0 saturated heterocycles. The molecule has 17 heavy (non-hydrogen) atoms. The summed E-state index contributed by atoms with van der Waals surface area (Å²) in [6, 6.07) is 0. The average Bonchev–Trinajstić information content (AvgIpc) is 2.23. The number of carbonyl (C=O) groups excluding carboxylic acids is 2. The van der Waals surface area contributed by atoms with Gasteiger partial charge in [0.05, 0.1) is 6.54 Å². The Morgan fingerprint density at radius 1 is 1.35 bits per heavy atom. The molecule has 2 unspecified atom stereocenters. The number of aliphatic hydroxyl groups excluding tert-OH is 1. The molecule has 6 nitrogen and oxygen atoms in total. The van der Waals surface area contributed by atoms with Gasteiger partial charge in [-0.05, 0) is 24.8 Å². The summed E-state index contributed by atoms with van der Waals surface area (Å²) in [5, 5.41) is 11.6. The van der Waals surface area contributed by atoms with Crippen molar-refractivity contribution < 1.29 is 14.7 Å². The minimum Gasteiger partial charge on any atom is -0.381 e. The Morgan fingerprint density at radius 3 is 2.35 bits per heavy atom. The fraction of sp³-hybridized carbons (Fsp3) is 0.818. The van der Waals surface area contributed by atoms with E-state index in [1.807, 2.05) is 0 Å². The standard InChI is InChI=1S/C11H23N3O3/c1-7(2)3-8(5-12)4-10(16)14-6-9(15)11(13)17/h7-9,15H,3-6,12H2,1-2H3,(H2,13,17)(H,14,16). The van der Waals surface area contributed by atoms with Crippen molar-refractivity contribution in [1.82, 2.24) is 5.32 Å². The zero-order valence-electron chi connectivity index (χ0n) is 10.5. The Bertz CT molecular complexity index is 256. The van der Waals surface area contributed by atoms with E-state index >= 15 is 0 Å². The molecule has 0 radical (unpaired) electrons. The highest BCUT2D eigenvalue weighted by Crippen LogP contribution is 2.13. The monoisotopic (exact) mass is 245 g/mol. The van der Waals surface area contributed by atoms with Crippen LogP contribution in [0.5, 0.6) is 0 Å². The van der Waals surface area contributed by atoms with Crippen LogP contribution in [0.2, 0.25) is 0 Å². The lowest BCUT2D eigenvalue weighted by molar-refractivity contribution is -0.127. The van der Waals surface area contributed by atoms with Crippen LogP contribution in [0.3, 0.4) is 0 Å². The first-order valence-corrected chi connectivity index (χ1v) is 5.81. The molecule has 0 saturated carbocycles. The lowest BCUT2D eigenvalue weighted by Crippen LogP contribution is -2.40. The van der Waals surface area contributed by atoms with Crippen LogP contribution in [0.4, 0.5) is 0 Å². The van der Waals surface area contributed by atoms with E-state index in [1.54, 1.807) is 0 Å². The van der Waals surface area contributed by atoms with Crippen LogP contribution in [0.15, 0.2) is 0 Å². The van der Waals surface area contributed by atoms with Crippen LogP contribution in [-0.2, 0) is 9.59 Å². The second-order valence-corrected chi connectivity index (χ2v) is 4.66. The molecule has 0 aliphatic heterocycles. The van der Waals surface area contributed by atoms with Crippen molar-refractivity contribution in [3.05, 3.63) is 0 Å². The molecule has 0 fully saturated rings. The van der Waals surface area contributed by atoms with Gasteiger partial charge < -0.3 is 21.9 Å². The van der Waals surface area contributed by atoms with Gasteiger partial charge in [0, 0.05) is 6.42 Å². The molecule has 2 atom stereocenters. The minimum atomic E-state index is -1.33. The molecule has 0 rings (SSSR count). The van der Waals surface area contributed by atoms with Gasteiger partial charge in [-0.2, -0.15) is 0 Å². The first-order valence-electron chi connectivity index (χ1n) is 5.81. The van der Waals surface area contributed by atoms with Crippen molar-refractivity contribution in [3.8, 4) is 0 Å². The zero-order valence-corrected chi connectivity index (χ0v) is 10.5.